The molecule has 0 atom stereocenters. The summed E-state index contributed by atoms with van der Waals surface area (Å²) in [6, 6.07) is 11.7. The van der Waals surface area contributed by atoms with E-state index in [-0.39, 0.29) is 22.0 Å². The Kier molecular flexibility index (Phi) is 7.18. The second-order valence-corrected chi connectivity index (χ2v) is 8.84. The predicted molar refractivity (Wildman–Crippen MR) is 116 cm³/mol. The standard InChI is InChI=1S/C17H16N2O7S2.C2H6/c1-10-7-13(27(21,22)23)8-11-9-14(28(24,25)26)16(17(20)15(10)11)19-18-12-5-3-2-4-6-12;1-2/h2-9,20,24-26H,1H3,(H,21,22,23);1-2H3. The maximum atomic E-state index is 11.4. The molecule has 0 amide bonds. The molecule has 0 heterocycles. The van der Waals surface area contributed by atoms with Crippen LogP contribution in [0.3, 0.4) is 0 Å². The van der Waals surface area contributed by atoms with Crippen LogP contribution in [0.4, 0.5) is 11.4 Å². The van der Waals surface area contributed by atoms with Crippen molar-refractivity contribution >= 4 is 43.1 Å². The lowest BCUT2D eigenvalue weighted by atomic mass is 10.0. The number of aryl methyl sites for hydroxylation is 1. The smallest absolute Gasteiger partial charge is 0.294 e. The highest BCUT2D eigenvalue weighted by atomic mass is 32.3. The maximum Gasteiger partial charge on any atom is 0.294 e. The highest BCUT2D eigenvalue weighted by Crippen LogP contribution is 2.54. The van der Waals surface area contributed by atoms with E-state index in [1.807, 2.05) is 13.8 Å². The summed E-state index contributed by atoms with van der Waals surface area (Å²) in [5.74, 6) is -0.527. The fourth-order valence-corrected chi connectivity index (χ4v) is 4.00. The molecular weight excluding hydrogens is 432 g/mol. The first-order valence-electron chi connectivity index (χ1n) is 8.74. The number of azo groups is 1. The van der Waals surface area contributed by atoms with Gasteiger partial charge in [0.1, 0.15) is 16.6 Å². The highest BCUT2D eigenvalue weighted by Gasteiger charge is 2.26. The molecule has 3 aromatic rings. The Morgan fingerprint density at radius 3 is 2.00 bits per heavy atom. The molecule has 5 N–H and O–H groups in total. The van der Waals surface area contributed by atoms with Crippen molar-refractivity contribution in [3.8, 4) is 5.75 Å². The van der Waals surface area contributed by atoms with Gasteiger partial charge in [-0.1, -0.05) is 32.0 Å². The number of benzene rings is 3. The molecule has 0 saturated carbocycles. The largest absolute Gasteiger partial charge is 0.505 e. The molecular formula is C19H22N2O7S2. The van der Waals surface area contributed by atoms with Gasteiger partial charge in [-0.05, 0) is 48.2 Å². The molecule has 0 unspecified atom stereocenters. The molecule has 0 radical (unpaired) electrons. The fourth-order valence-electron chi connectivity index (χ4n) is 2.72. The monoisotopic (exact) mass is 454 g/mol. The molecule has 30 heavy (non-hydrogen) atoms. The second kappa shape index (κ2) is 9.08. The van der Waals surface area contributed by atoms with Gasteiger partial charge in [-0.2, -0.15) is 13.5 Å². The lowest BCUT2D eigenvalue weighted by Crippen LogP contribution is -2.00. The molecule has 0 fully saturated rings. The van der Waals surface area contributed by atoms with E-state index >= 15 is 0 Å². The fraction of sp³-hybridized carbons (Fsp3) is 0.158. The molecule has 0 bridgehead atoms. The van der Waals surface area contributed by atoms with Gasteiger partial charge in [0.25, 0.3) is 10.1 Å². The molecule has 0 aliphatic rings. The van der Waals surface area contributed by atoms with Crippen LogP contribution in [0.1, 0.15) is 19.4 Å². The second-order valence-electron chi connectivity index (χ2n) is 5.94. The number of nitrogens with zero attached hydrogens (tertiary/aromatic N) is 2. The van der Waals surface area contributed by atoms with Crippen LogP contribution >= 0.6 is 10.9 Å². The highest BCUT2D eigenvalue weighted by molar-refractivity contribution is 8.19. The van der Waals surface area contributed by atoms with E-state index in [1.165, 1.54) is 6.92 Å². The number of hydrogen-bond acceptors (Lipinski definition) is 8. The van der Waals surface area contributed by atoms with Crippen LogP contribution in [-0.4, -0.2) is 31.7 Å². The lowest BCUT2D eigenvalue weighted by Gasteiger charge is -2.22. The van der Waals surface area contributed by atoms with Crippen LogP contribution < -0.4 is 0 Å². The Bertz CT molecular complexity index is 1190. The van der Waals surface area contributed by atoms with Gasteiger partial charge in [-0.25, -0.2) is 0 Å². The quantitative estimate of drug-likeness (QED) is 0.234. The van der Waals surface area contributed by atoms with E-state index in [9.17, 15) is 31.7 Å². The minimum Gasteiger partial charge on any atom is -0.505 e. The molecule has 162 valence electrons. The van der Waals surface area contributed by atoms with Crippen LogP contribution in [0.25, 0.3) is 10.8 Å². The first-order chi connectivity index (χ1) is 14.0. The first kappa shape index (κ1) is 23.7. The van der Waals surface area contributed by atoms with Crippen molar-refractivity contribution in [2.45, 2.75) is 30.6 Å². The van der Waals surface area contributed by atoms with Crippen molar-refractivity contribution in [3.63, 3.8) is 0 Å². The summed E-state index contributed by atoms with van der Waals surface area (Å²) in [6.07, 6.45) is 0. The van der Waals surface area contributed by atoms with Gasteiger partial charge in [0.15, 0.2) is 5.75 Å². The van der Waals surface area contributed by atoms with Crippen LogP contribution in [0.2, 0.25) is 0 Å². The topological polar surface area (TPSA) is 160 Å². The lowest BCUT2D eigenvalue weighted by molar-refractivity contribution is 0.375. The maximum absolute atomic E-state index is 11.4. The minimum atomic E-state index is -4.54. The van der Waals surface area contributed by atoms with Crippen molar-refractivity contribution in [1.29, 1.82) is 0 Å². The van der Waals surface area contributed by atoms with Crippen LogP contribution in [0, 0.1) is 6.92 Å². The van der Waals surface area contributed by atoms with E-state index in [0.717, 1.165) is 18.2 Å². The number of rotatable bonds is 4. The summed E-state index contributed by atoms with van der Waals surface area (Å²) in [4.78, 5) is -0.986. The Morgan fingerprint density at radius 1 is 0.867 bits per heavy atom. The zero-order valence-corrected chi connectivity index (χ0v) is 18.0. The van der Waals surface area contributed by atoms with Crippen molar-refractivity contribution in [3.05, 3.63) is 54.1 Å². The summed E-state index contributed by atoms with van der Waals surface area (Å²) in [7, 11) is -8.88. The van der Waals surface area contributed by atoms with Crippen molar-refractivity contribution in [2.75, 3.05) is 0 Å². The molecule has 3 aromatic carbocycles. The van der Waals surface area contributed by atoms with Gasteiger partial charge < -0.3 is 18.8 Å². The minimum absolute atomic E-state index is 0.0489. The van der Waals surface area contributed by atoms with Crippen LogP contribution in [0.15, 0.2) is 68.6 Å². The average Bonchev–Trinajstić information content (AvgIpc) is 2.67. The first-order valence-corrected chi connectivity index (χ1v) is 11.7. The summed E-state index contributed by atoms with van der Waals surface area (Å²) in [5.41, 5.74) is 0.321. The van der Waals surface area contributed by atoms with E-state index in [0.29, 0.717) is 5.69 Å². The number of fused-ring (bicyclic) bond motifs is 1. The summed E-state index contributed by atoms with van der Waals surface area (Å²) < 4.78 is 61.4. The Balaban J connectivity index is 0.00000155. The Labute approximate surface area is 175 Å². The van der Waals surface area contributed by atoms with Gasteiger partial charge in [0, 0.05) is 5.39 Å². The zero-order valence-electron chi connectivity index (χ0n) is 16.4. The molecule has 0 aliphatic heterocycles. The third-order valence-electron chi connectivity index (χ3n) is 3.94. The van der Waals surface area contributed by atoms with Gasteiger partial charge >= 0.3 is 0 Å². The van der Waals surface area contributed by atoms with Crippen molar-refractivity contribution < 1.29 is 31.7 Å². The molecule has 0 aromatic heterocycles. The van der Waals surface area contributed by atoms with E-state index in [1.54, 1.807) is 30.3 Å². The molecule has 11 heteroatoms. The van der Waals surface area contributed by atoms with Crippen LogP contribution in [-0.2, 0) is 10.1 Å². The van der Waals surface area contributed by atoms with Gasteiger partial charge in [0.05, 0.1) is 15.5 Å². The zero-order chi connectivity index (χ0) is 22.7. The molecule has 0 saturated heterocycles. The van der Waals surface area contributed by atoms with E-state index in [4.69, 9.17) is 0 Å². The van der Waals surface area contributed by atoms with Crippen LogP contribution in [0.5, 0.6) is 5.75 Å². The summed E-state index contributed by atoms with van der Waals surface area (Å²) in [5, 5.41) is 18.6. The number of phenols is 1. The van der Waals surface area contributed by atoms with Gasteiger partial charge in [0.2, 0.25) is 0 Å². The van der Waals surface area contributed by atoms with E-state index in [2.05, 4.69) is 10.2 Å². The third kappa shape index (κ3) is 5.14. The molecule has 0 spiro atoms. The van der Waals surface area contributed by atoms with Crippen molar-refractivity contribution in [2.24, 2.45) is 10.2 Å². The van der Waals surface area contributed by atoms with Gasteiger partial charge in [-0.3, -0.25) is 4.55 Å². The summed E-state index contributed by atoms with van der Waals surface area (Å²) in [6.45, 7) is 5.49. The molecule has 9 nitrogen and oxygen atoms in total. The SMILES string of the molecule is CC.Cc1cc(S(=O)(=O)O)cc2cc(S(O)(O)O)c(N=Nc3ccccc3)c(O)c12. The van der Waals surface area contributed by atoms with Gasteiger partial charge in [-0.15, -0.1) is 5.11 Å². The third-order valence-corrected chi connectivity index (χ3v) is 5.67. The molecule has 3 rings (SSSR count). The van der Waals surface area contributed by atoms with E-state index < -0.39 is 36.5 Å². The van der Waals surface area contributed by atoms with Crippen molar-refractivity contribution in [1.82, 2.24) is 0 Å². The molecule has 0 aliphatic carbocycles. The normalized spacial score (nSPS) is 12.6. The number of aromatic hydroxyl groups is 1. The Hall–Kier alpha value is -2.54. The number of hydrogen-bond donors (Lipinski definition) is 5. The summed E-state index contributed by atoms with van der Waals surface area (Å²) >= 11 is 0. The Morgan fingerprint density at radius 2 is 1.47 bits per heavy atom. The average molecular weight is 455 g/mol. The predicted octanol–water partition coefficient (Wildman–Crippen LogP) is 6.12. The number of phenolic OH excluding ortho intramolecular Hbond substituents is 1.